The Morgan fingerprint density at radius 3 is 2.15 bits per heavy atom. The summed E-state index contributed by atoms with van der Waals surface area (Å²) in [5, 5.41) is 0.763. The van der Waals surface area contributed by atoms with Crippen LogP contribution in [-0.4, -0.2) is 17.5 Å². The quantitative estimate of drug-likeness (QED) is 0.688. The fourth-order valence-corrected chi connectivity index (χ4v) is 2.49. The van der Waals surface area contributed by atoms with Crippen LogP contribution in [0.4, 0.5) is 0 Å². The standard InChI is InChI=1S/C11H25NS/c1-9(2)11(6-5-7-12)8-13-10(3)4/h9-11H,5-8,12H2,1-4H3. The molecular weight excluding hydrogens is 178 g/mol. The first kappa shape index (κ1) is 13.3. The van der Waals surface area contributed by atoms with E-state index in [1.165, 1.54) is 18.6 Å². The molecule has 0 aromatic carbocycles. The smallest absolute Gasteiger partial charge is 0.000958 e. The summed E-state index contributed by atoms with van der Waals surface area (Å²) in [4.78, 5) is 0. The lowest BCUT2D eigenvalue weighted by Crippen LogP contribution is -2.14. The Morgan fingerprint density at radius 1 is 1.15 bits per heavy atom. The van der Waals surface area contributed by atoms with Crippen molar-refractivity contribution < 1.29 is 0 Å². The Kier molecular flexibility index (Phi) is 7.87. The molecule has 2 N–H and O–H groups in total. The van der Waals surface area contributed by atoms with Crippen molar-refractivity contribution in [2.75, 3.05) is 12.3 Å². The molecule has 0 rings (SSSR count). The molecule has 0 aliphatic rings. The second kappa shape index (κ2) is 7.69. The first-order chi connectivity index (χ1) is 6.07. The molecule has 0 fully saturated rings. The van der Waals surface area contributed by atoms with E-state index in [0.29, 0.717) is 0 Å². The lowest BCUT2D eigenvalue weighted by molar-refractivity contribution is 0.391. The molecule has 0 bridgehead atoms. The van der Waals surface area contributed by atoms with Crippen LogP contribution < -0.4 is 5.73 Å². The Hall–Kier alpha value is 0.310. The highest BCUT2D eigenvalue weighted by molar-refractivity contribution is 7.99. The highest BCUT2D eigenvalue weighted by Gasteiger charge is 2.13. The average Bonchev–Trinajstić information content (AvgIpc) is 2.03. The molecule has 0 amide bonds. The van der Waals surface area contributed by atoms with E-state index < -0.39 is 0 Å². The summed E-state index contributed by atoms with van der Waals surface area (Å²) in [7, 11) is 0. The molecule has 0 aromatic heterocycles. The molecule has 2 heteroatoms. The van der Waals surface area contributed by atoms with E-state index in [4.69, 9.17) is 5.73 Å². The maximum absolute atomic E-state index is 5.53. The van der Waals surface area contributed by atoms with Crippen LogP contribution >= 0.6 is 11.8 Å². The summed E-state index contributed by atoms with van der Waals surface area (Å²) in [6, 6.07) is 0. The van der Waals surface area contributed by atoms with Gasteiger partial charge in [0.05, 0.1) is 0 Å². The highest BCUT2D eigenvalue weighted by atomic mass is 32.2. The Labute approximate surface area is 87.9 Å². The van der Waals surface area contributed by atoms with Crippen molar-refractivity contribution in [3.05, 3.63) is 0 Å². The predicted molar refractivity (Wildman–Crippen MR) is 64.2 cm³/mol. The van der Waals surface area contributed by atoms with E-state index in [-0.39, 0.29) is 0 Å². The molecule has 0 saturated carbocycles. The van der Waals surface area contributed by atoms with E-state index in [0.717, 1.165) is 23.6 Å². The number of hydrogen-bond donors (Lipinski definition) is 1. The minimum atomic E-state index is 0.763. The largest absolute Gasteiger partial charge is 0.330 e. The molecule has 0 saturated heterocycles. The minimum absolute atomic E-state index is 0.763. The monoisotopic (exact) mass is 203 g/mol. The molecular formula is C11H25NS. The number of rotatable bonds is 7. The van der Waals surface area contributed by atoms with Gasteiger partial charge in [-0.2, -0.15) is 11.8 Å². The van der Waals surface area contributed by atoms with Crippen LogP contribution in [0.15, 0.2) is 0 Å². The van der Waals surface area contributed by atoms with Gasteiger partial charge in [0.25, 0.3) is 0 Å². The third kappa shape index (κ3) is 7.39. The molecule has 0 aromatic rings. The zero-order chi connectivity index (χ0) is 10.3. The van der Waals surface area contributed by atoms with Gasteiger partial charge in [0.2, 0.25) is 0 Å². The molecule has 13 heavy (non-hydrogen) atoms. The van der Waals surface area contributed by atoms with E-state index >= 15 is 0 Å². The molecule has 1 unspecified atom stereocenters. The third-order valence-electron chi connectivity index (χ3n) is 2.37. The number of thioether (sulfide) groups is 1. The van der Waals surface area contributed by atoms with Gasteiger partial charge in [0.1, 0.15) is 0 Å². The molecule has 0 aliphatic heterocycles. The van der Waals surface area contributed by atoms with Gasteiger partial charge < -0.3 is 5.73 Å². The predicted octanol–water partition coefficient (Wildman–Crippen LogP) is 3.14. The third-order valence-corrected chi connectivity index (χ3v) is 3.65. The summed E-state index contributed by atoms with van der Waals surface area (Å²) in [6.45, 7) is 10.0. The zero-order valence-corrected chi connectivity index (χ0v) is 10.4. The summed E-state index contributed by atoms with van der Waals surface area (Å²) in [5.41, 5.74) is 5.53. The van der Waals surface area contributed by atoms with Crippen molar-refractivity contribution in [2.45, 2.75) is 45.8 Å². The summed E-state index contributed by atoms with van der Waals surface area (Å²) >= 11 is 2.08. The Bertz CT molecular complexity index is 113. The van der Waals surface area contributed by atoms with E-state index in [9.17, 15) is 0 Å². The van der Waals surface area contributed by atoms with Gasteiger partial charge in [-0.3, -0.25) is 0 Å². The van der Waals surface area contributed by atoms with Crippen LogP contribution in [0.1, 0.15) is 40.5 Å². The van der Waals surface area contributed by atoms with Crippen molar-refractivity contribution in [2.24, 2.45) is 17.6 Å². The maximum atomic E-state index is 5.53. The summed E-state index contributed by atoms with van der Waals surface area (Å²) in [5.74, 6) is 2.96. The van der Waals surface area contributed by atoms with Gasteiger partial charge in [-0.25, -0.2) is 0 Å². The first-order valence-electron chi connectivity index (χ1n) is 5.39. The molecule has 0 heterocycles. The van der Waals surface area contributed by atoms with Gasteiger partial charge in [-0.15, -0.1) is 0 Å². The fraction of sp³-hybridized carbons (Fsp3) is 1.00. The minimum Gasteiger partial charge on any atom is -0.330 e. The van der Waals surface area contributed by atoms with Gasteiger partial charge in [-0.1, -0.05) is 27.7 Å². The van der Waals surface area contributed by atoms with Crippen LogP contribution in [0.25, 0.3) is 0 Å². The second-order valence-electron chi connectivity index (χ2n) is 4.32. The van der Waals surface area contributed by atoms with Crippen LogP contribution in [0, 0.1) is 11.8 Å². The zero-order valence-electron chi connectivity index (χ0n) is 9.55. The first-order valence-corrected chi connectivity index (χ1v) is 6.44. The fourth-order valence-electron chi connectivity index (χ4n) is 1.31. The van der Waals surface area contributed by atoms with Crippen LogP contribution in [0.3, 0.4) is 0 Å². The van der Waals surface area contributed by atoms with E-state index in [2.05, 4.69) is 39.5 Å². The SMILES string of the molecule is CC(C)SCC(CCCN)C(C)C. The maximum Gasteiger partial charge on any atom is -0.000958 e. The van der Waals surface area contributed by atoms with Crippen molar-refractivity contribution >= 4 is 11.8 Å². The number of nitrogens with two attached hydrogens (primary N) is 1. The highest BCUT2D eigenvalue weighted by Crippen LogP contribution is 2.24. The van der Waals surface area contributed by atoms with Gasteiger partial charge in [-0.05, 0) is 42.2 Å². The van der Waals surface area contributed by atoms with Crippen molar-refractivity contribution in [1.29, 1.82) is 0 Å². The van der Waals surface area contributed by atoms with Crippen molar-refractivity contribution in [1.82, 2.24) is 0 Å². The number of hydrogen-bond acceptors (Lipinski definition) is 2. The lowest BCUT2D eigenvalue weighted by Gasteiger charge is -2.21. The molecule has 0 spiro atoms. The van der Waals surface area contributed by atoms with E-state index in [1.54, 1.807) is 0 Å². The second-order valence-corrected chi connectivity index (χ2v) is 5.93. The Morgan fingerprint density at radius 2 is 1.77 bits per heavy atom. The van der Waals surface area contributed by atoms with Gasteiger partial charge in [0, 0.05) is 0 Å². The van der Waals surface area contributed by atoms with Crippen LogP contribution in [0.2, 0.25) is 0 Å². The summed E-state index contributed by atoms with van der Waals surface area (Å²) in [6.07, 6.45) is 2.48. The van der Waals surface area contributed by atoms with Gasteiger partial charge in [0.15, 0.2) is 0 Å². The molecule has 1 nitrogen and oxygen atoms in total. The molecule has 1 atom stereocenters. The van der Waals surface area contributed by atoms with Gasteiger partial charge >= 0.3 is 0 Å². The van der Waals surface area contributed by atoms with Crippen LogP contribution in [-0.2, 0) is 0 Å². The molecule has 0 aliphatic carbocycles. The van der Waals surface area contributed by atoms with Crippen molar-refractivity contribution in [3.63, 3.8) is 0 Å². The van der Waals surface area contributed by atoms with Crippen molar-refractivity contribution in [3.8, 4) is 0 Å². The Balaban J connectivity index is 3.67. The summed E-state index contributed by atoms with van der Waals surface area (Å²) < 4.78 is 0. The normalized spacial score (nSPS) is 14.1. The molecule has 0 radical (unpaired) electrons. The van der Waals surface area contributed by atoms with Crippen LogP contribution in [0.5, 0.6) is 0 Å². The average molecular weight is 203 g/mol. The van der Waals surface area contributed by atoms with E-state index in [1.807, 2.05) is 0 Å². The topological polar surface area (TPSA) is 26.0 Å². The molecule has 80 valence electrons. The lowest BCUT2D eigenvalue weighted by atomic mass is 9.93.